The molecule has 3 aromatic rings. The van der Waals surface area contributed by atoms with Gasteiger partial charge >= 0.3 is 6.18 Å². The van der Waals surface area contributed by atoms with Crippen molar-refractivity contribution >= 4 is 39.2 Å². The topological polar surface area (TPSA) is 38.9 Å². The SMILES string of the molecule is Nc1ncc2c(C(F)(F)F)c(-c3ccc(F)cc3)ccc2c1I. The number of aromatic nitrogens is 1. The van der Waals surface area contributed by atoms with Crippen LogP contribution in [-0.2, 0) is 6.18 Å². The van der Waals surface area contributed by atoms with Crippen LogP contribution in [0.4, 0.5) is 23.4 Å². The maximum Gasteiger partial charge on any atom is 0.417 e. The molecular formula is C16H9F4IN2. The van der Waals surface area contributed by atoms with Gasteiger partial charge < -0.3 is 5.73 Å². The fourth-order valence-corrected chi connectivity index (χ4v) is 3.06. The highest BCUT2D eigenvalue weighted by Crippen LogP contribution is 2.42. The van der Waals surface area contributed by atoms with Crippen molar-refractivity contribution < 1.29 is 17.6 Å². The zero-order valence-corrected chi connectivity index (χ0v) is 13.6. The largest absolute Gasteiger partial charge is 0.417 e. The first kappa shape index (κ1) is 16.0. The van der Waals surface area contributed by atoms with E-state index in [0.29, 0.717) is 8.96 Å². The van der Waals surface area contributed by atoms with Gasteiger partial charge in [0.1, 0.15) is 11.6 Å². The average molecular weight is 432 g/mol. The summed E-state index contributed by atoms with van der Waals surface area (Å²) in [6, 6.07) is 7.85. The zero-order valence-electron chi connectivity index (χ0n) is 11.5. The predicted octanol–water partition coefficient (Wildman–Crippen LogP) is 5.25. The van der Waals surface area contributed by atoms with Crippen molar-refractivity contribution in [3.8, 4) is 11.1 Å². The molecule has 0 saturated heterocycles. The number of rotatable bonds is 1. The molecule has 0 fully saturated rings. The predicted molar refractivity (Wildman–Crippen MR) is 89.3 cm³/mol. The van der Waals surface area contributed by atoms with Crippen molar-refractivity contribution in [2.24, 2.45) is 0 Å². The Balaban J connectivity index is 2.39. The van der Waals surface area contributed by atoms with Crippen molar-refractivity contribution in [1.82, 2.24) is 4.98 Å². The second-order valence-electron chi connectivity index (χ2n) is 4.91. The smallest absolute Gasteiger partial charge is 0.383 e. The molecule has 0 radical (unpaired) electrons. The van der Waals surface area contributed by atoms with Crippen molar-refractivity contribution in [1.29, 1.82) is 0 Å². The molecule has 7 heteroatoms. The van der Waals surface area contributed by atoms with Crippen molar-refractivity contribution in [3.05, 3.63) is 57.5 Å². The molecule has 3 rings (SSSR count). The van der Waals surface area contributed by atoms with E-state index in [1.54, 1.807) is 6.07 Å². The highest BCUT2D eigenvalue weighted by molar-refractivity contribution is 14.1. The summed E-state index contributed by atoms with van der Waals surface area (Å²) < 4.78 is 54.4. The average Bonchev–Trinajstić information content (AvgIpc) is 2.50. The second kappa shape index (κ2) is 5.63. The first-order chi connectivity index (χ1) is 10.8. The molecule has 2 nitrogen and oxygen atoms in total. The van der Waals surface area contributed by atoms with E-state index in [2.05, 4.69) is 4.98 Å². The van der Waals surface area contributed by atoms with E-state index in [0.717, 1.165) is 18.3 Å². The molecule has 0 amide bonds. The van der Waals surface area contributed by atoms with E-state index in [1.165, 1.54) is 18.2 Å². The van der Waals surface area contributed by atoms with E-state index in [9.17, 15) is 17.6 Å². The van der Waals surface area contributed by atoms with Crippen LogP contribution in [0.3, 0.4) is 0 Å². The van der Waals surface area contributed by atoms with Crippen molar-refractivity contribution in [3.63, 3.8) is 0 Å². The van der Waals surface area contributed by atoms with Crippen LogP contribution >= 0.6 is 22.6 Å². The van der Waals surface area contributed by atoms with Crippen molar-refractivity contribution in [2.45, 2.75) is 6.18 Å². The van der Waals surface area contributed by atoms with Gasteiger partial charge in [0, 0.05) is 17.0 Å². The van der Waals surface area contributed by atoms with Gasteiger partial charge in [0.25, 0.3) is 0 Å². The number of fused-ring (bicyclic) bond motifs is 1. The van der Waals surface area contributed by atoms with Crippen LogP contribution in [0.25, 0.3) is 21.9 Å². The Hall–Kier alpha value is -1.90. The number of nitrogen functional groups attached to an aromatic ring is 1. The molecule has 0 bridgehead atoms. The number of pyridine rings is 1. The molecule has 1 heterocycles. The molecule has 2 aromatic carbocycles. The molecule has 0 unspecified atom stereocenters. The third-order valence-corrected chi connectivity index (χ3v) is 4.61. The third-order valence-electron chi connectivity index (χ3n) is 3.48. The summed E-state index contributed by atoms with van der Waals surface area (Å²) in [7, 11) is 0. The third kappa shape index (κ3) is 2.85. The molecule has 118 valence electrons. The summed E-state index contributed by atoms with van der Waals surface area (Å²) in [6.45, 7) is 0. The molecule has 0 saturated carbocycles. The summed E-state index contributed by atoms with van der Waals surface area (Å²) in [5.74, 6) is -0.326. The lowest BCUT2D eigenvalue weighted by Crippen LogP contribution is -2.09. The van der Waals surface area contributed by atoms with Gasteiger partial charge in [0.15, 0.2) is 0 Å². The summed E-state index contributed by atoms with van der Waals surface area (Å²) in [6.07, 6.45) is -3.45. The quantitative estimate of drug-likeness (QED) is 0.422. The number of halogens is 5. The molecule has 0 aliphatic rings. The first-order valence-electron chi connectivity index (χ1n) is 6.49. The van der Waals surface area contributed by atoms with E-state index in [-0.39, 0.29) is 22.3 Å². The fourth-order valence-electron chi connectivity index (χ4n) is 2.45. The second-order valence-corrected chi connectivity index (χ2v) is 5.99. The van der Waals surface area contributed by atoms with Crippen LogP contribution in [0.1, 0.15) is 5.56 Å². The number of anilines is 1. The van der Waals surface area contributed by atoms with E-state index < -0.39 is 17.6 Å². The normalized spacial score (nSPS) is 11.9. The molecule has 1 aromatic heterocycles. The van der Waals surface area contributed by atoms with Crippen LogP contribution in [0.15, 0.2) is 42.6 Å². The number of benzene rings is 2. The van der Waals surface area contributed by atoms with Crippen LogP contribution in [-0.4, -0.2) is 4.98 Å². The van der Waals surface area contributed by atoms with Gasteiger partial charge in [-0.2, -0.15) is 13.2 Å². The van der Waals surface area contributed by atoms with E-state index >= 15 is 0 Å². The van der Waals surface area contributed by atoms with Gasteiger partial charge in [0.2, 0.25) is 0 Å². The zero-order chi connectivity index (χ0) is 16.8. The summed E-state index contributed by atoms with van der Waals surface area (Å²) >= 11 is 1.87. The summed E-state index contributed by atoms with van der Waals surface area (Å²) in [5, 5.41) is 0.356. The number of hydrogen-bond acceptors (Lipinski definition) is 2. The standard InChI is InChI=1S/C16H9F4IN2/c17-9-3-1-8(2-4-9)10-5-6-11-12(13(10)16(18,19)20)7-23-15(22)14(11)21/h1-7H,(H2,22,23). The molecule has 2 N–H and O–H groups in total. The van der Waals surface area contributed by atoms with Crippen molar-refractivity contribution in [2.75, 3.05) is 5.73 Å². The van der Waals surface area contributed by atoms with Gasteiger partial charge in [-0.05, 0) is 45.9 Å². The minimum Gasteiger partial charge on any atom is -0.383 e. The lowest BCUT2D eigenvalue weighted by atomic mass is 9.94. The minimum absolute atomic E-state index is 0.0210. The van der Waals surface area contributed by atoms with Gasteiger partial charge in [0.05, 0.1) is 9.13 Å². The van der Waals surface area contributed by atoms with Crippen LogP contribution < -0.4 is 5.73 Å². The molecule has 23 heavy (non-hydrogen) atoms. The van der Waals surface area contributed by atoms with Crippen LogP contribution in [0.2, 0.25) is 0 Å². The van der Waals surface area contributed by atoms with Crippen LogP contribution in [0.5, 0.6) is 0 Å². The number of alkyl halides is 3. The minimum atomic E-state index is -4.58. The fraction of sp³-hybridized carbons (Fsp3) is 0.0625. The Morgan fingerprint density at radius 3 is 2.22 bits per heavy atom. The highest BCUT2D eigenvalue weighted by atomic mass is 127. The maximum atomic E-state index is 13.6. The Morgan fingerprint density at radius 1 is 0.957 bits per heavy atom. The Bertz CT molecular complexity index is 889. The monoisotopic (exact) mass is 432 g/mol. The van der Waals surface area contributed by atoms with Gasteiger partial charge in [-0.1, -0.05) is 24.3 Å². The Morgan fingerprint density at radius 2 is 1.61 bits per heavy atom. The summed E-state index contributed by atoms with van der Waals surface area (Å²) in [4.78, 5) is 3.84. The lowest BCUT2D eigenvalue weighted by Gasteiger charge is -2.17. The Labute approximate surface area is 142 Å². The van der Waals surface area contributed by atoms with Crippen LogP contribution in [0, 0.1) is 9.39 Å². The van der Waals surface area contributed by atoms with Gasteiger partial charge in [-0.15, -0.1) is 0 Å². The lowest BCUT2D eigenvalue weighted by molar-refractivity contribution is -0.135. The Kier molecular flexibility index (Phi) is 3.91. The van der Waals surface area contributed by atoms with E-state index in [1.807, 2.05) is 22.6 Å². The first-order valence-corrected chi connectivity index (χ1v) is 7.56. The summed E-state index contributed by atoms with van der Waals surface area (Å²) in [5.41, 5.74) is 5.13. The molecule has 0 atom stereocenters. The molecule has 0 aliphatic carbocycles. The molecule has 0 spiro atoms. The maximum absolute atomic E-state index is 13.6. The van der Waals surface area contributed by atoms with E-state index in [4.69, 9.17) is 5.73 Å². The molecular weight excluding hydrogens is 423 g/mol. The van der Waals surface area contributed by atoms with Gasteiger partial charge in [-0.3, -0.25) is 0 Å². The molecule has 0 aliphatic heterocycles. The number of hydrogen-bond donors (Lipinski definition) is 1. The number of nitrogens with two attached hydrogens (primary N) is 1. The number of nitrogens with zero attached hydrogens (tertiary/aromatic N) is 1. The van der Waals surface area contributed by atoms with Gasteiger partial charge in [-0.25, -0.2) is 9.37 Å². The highest BCUT2D eigenvalue weighted by Gasteiger charge is 2.36.